The number of ketones is 1. The minimum absolute atomic E-state index is 0.132. The first kappa shape index (κ1) is 17.1. The Hall–Kier alpha value is -2.73. The summed E-state index contributed by atoms with van der Waals surface area (Å²) in [5.74, 6) is -0.874. The molecule has 1 aromatic carbocycles. The van der Waals surface area contributed by atoms with E-state index in [0.29, 0.717) is 17.8 Å². The minimum atomic E-state index is -0.625. The van der Waals surface area contributed by atoms with Crippen molar-refractivity contribution in [3.63, 3.8) is 0 Å². The molecule has 2 heterocycles. The second kappa shape index (κ2) is 7.90. The average Bonchev–Trinajstić information content (AvgIpc) is 3.32. The van der Waals surface area contributed by atoms with Gasteiger partial charge in [-0.25, -0.2) is 4.39 Å². The summed E-state index contributed by atoms with van der Waals surface area (Å²) in [4.78, 5) is 24.3. The van der Waals surface area contributed by atoms with Crippen molar-refractivity contribution in [2.45, 2.75) is 12.3 Å². The van der Waals surface area contributed by atoms with Crippen LogP contribution in [0.1, 0.15) is 33.3 Å². The molecule has 0 unspecified atom stereocenters. The predicted molar refractivity (Wildman–Crippen MR) is 93.2 cm³/mol. The maximum atomic E-state index is 13.2. The molecule has 0 spiro atoms. The van der Waals surface area contributed by atoms with Crippen LogP contribution in [-0.4, -0.2) is 18.2 Å². The predicted octanol–water partition coefficient (Wildman–Crippen LogP) is 4.00. The molecule has 2 aromatic heterocycles. The standard InChI is InChI=1S/C19H16FNO3S/c20-14-7-5-13(6-8-14)15(16-3-1-11-24-16)9-10-21-19(23)18(22)17-4-2-12-25-17/h1-8,11-12,15H,9-10H2,(H,21,23)/t15-/m1/s1. The van der Waals surface area contributed by atoms with Crippen LogP contribution in [0, 0.1) is 5.82 Å². The molecule has 128 valence electrons. The van der Waals surface area contributed by atoms with Crippen LogP contribution in [0.15, 0.2) is 64.6 Å². The van der Waals surface area contributed by atoms with Gasteiger partial charge in [-0.05, 0) is 47.7 Å². The molecule has 3 aromatic rings. The molecule has 0 aliphatic heterocycles. The van der Waals surface area contributed by atoms with Gasteiger partial charge >= 0.3 is 0 Å². The summed E-state index contributed by atoms with van der Waals surface area (Å²) in [6.45, 7) is 0.304. The molecule has 0 bridgehead atoms. The van der Waals surface area contributed by atoms with Crippen LogP contribution in [0.5, 0.6) is 0 Å². The van der Waals surface area contributed by atoms with Gasteiger partial charge < -0.3 is 9.73 Å². The van der Waals surface area contributed by atoms with Crippen LogP contribution in [-0.2, 0) is 4.79 Å². The fourth-order valence-electron chi connectivity index (χ4n) is 2.59. The molecular weight excluding hydrogens is 341 g/mol. The van der Waals surface area contributed by atoms with Gasteiger partial charge in [-0.2, -0.15) is 0 Å². The normalized spacial score (nSPS) is 11.9. The van der Waals surface area contributed by atoms with E-state index >= 15 is 0 Å². The lowest BCUT2D eigenvalue weighted by Crippen LogP contribution is -2.32. The number of nitrogens with one attached hydrogen (secondary N) is 1. The Morgan fingerprint density at radius 2 is 1.92 bits per heavy atom. The first-order valence-electron chi connectivity index (χ1n) is 7.80. The minimum Gasteiger partial charge on any atom is -0.469 e. The lowest BCUT2D eigenvalue weighted by Gasteiger charge is -2.15. The number of furan rings is 1. The highest BCUT2D eigenvalue weighted by atomic mass is 32.1. The van der Waals surface area contributed by atoms with Crippen molar-refractivity contribution >= 4 is 23.0 Å². The van der Waals surface area contributed by atoms with E-state index in [1.54, 1.807) is 42.0 Å². The van der Waals surface area contributed by atoms with Crippen molar-refractivity contribution in [2.75, 3.05) is 6.54 Å². The number of thiophene rings is 1. The SMILES string of the molecule is O=C(NCC[C@H](c1ccc(F)cc1)c1ccco1)C(=O)c1cccs1. The van der Waals surface area contributed by atoms with Crippen molar-refractivity contribution in [3.05, 3.63) is 82.2 Å². The topological polar surface area (TPSA) is 59.3 Å². The highest BCUT2D eigenvalue weighted by Crippen LogP contribution is 2.28. The summed E-state index contributed by atoms with van der Waals surface area (Å²) >= 11 is 1.23. The number of halogens is 1. The molecule has 3 rings (SSSR count). The zero-order valence-corrected chi connectivity index (χ0v) is 14.1. The van der Waals surface area contributed by atoms with Crippen molar-refractivity contribution < 1.29 is 18.4 Å². The second-order valence-corrected chi connectivity index (χ2v) is 6.42. The Bertz CT molecular complexity index is 826. The molecule has 0 saturated carbocycles. The molecule has 1 N–H and O–H groups in total. The highest BCUT2D eigenvalue weighted by molar-refractivity contribution is 7.13. The summed E-state index contributed by atoms with van der Waals surface area (Å²) in [6, 6.07) is 13.2. The molecule has 1 atom stereocenters. The number of benzene rings is 1. The zero-order valence-electron chi connectivity index (χ0n) is 13.3. The van der Waals surface area contributed by atoms with Gasteiger partial charge in [0.25, 0.3) is 11.7 Å². The number of carbonyl (C=O) groups is 2. The lowest BCUT2D eigenvalue weighted by molar-refractivity contribution is -0.117. The Labute approximate surface area is 148 Å². The fraction of sp³-hybridized carbons (Fsp3) is 0.158. The van der Waals surface area contributed by atoms with Crippen LogP contribution in [0.25, 0.3) is 0 Å². The maximum absolute atomic E-state index is 13.2. The molecule has 0 fully saturated rings. The van der Waals surface area contributed by atoms with Crippen LogP contribution in [0.3, 0.4) is 0 Å². The molecular formula is C19H16FNO3S. The number of Topliss-reactive ketones (excluding diaryl/α,β-unsaturated/α-hetero) is 1. The molecule has 25 heavy (non-hydrogen) atoms. The number of amides is 1. The van der Waals surface area contributed by atoms with Gasteiger partial charge in [0.15, 0.2) is 0 Å². The van der Waals surface area contributed by atoms with E-state index in [9.17, 15) is 14.0 Å². The number of carbonyl (C=O) groups excluding carboxylic acids is 2. The third kappa shape index (κ3) is 4.22. The summed E-state index contributed by atoms with van der Waals surface area (Å²) in [6.07, 6.45) is 2.10. The van der Waals surface area contributed by atoms with Gasteiger partial charge in [0.05, 0.1) is 11.1 Å². The van der Waals surface area contributed by atoms with Crippen molar-refractivity contribution in [1.29, 1.82) is 0 Å². The molecule has 0 aliphatic rings. The van der Waals surface area contributed by atoms with E-state index in [1.807, 2.05) is 6.07 Å². The van der Waals surface area contributed by atoms with E-state index in [1.165, 1.54) is 23.5 Å². The summed E-state index contributed by atoms with van der Waals surface area (Å²) in [5, 5.41) is 4.40. The smallest absolute Gasteiger partial charge is 0.293 e. The highest BCUT2D eigenvalue weighted by Gasteiger charge is 2.20. The van der Waals surface area contributed by atoms with Crippen LogP contribution < -0.4 is 5.32 Å². The quantitative estimate of drug-likeness (QED) is 0.514. The first-order valence-corrected chi connectivity index (χ1v) is 8.68. The Balaban J connectivity index is 1.64. The van der Waals surface area contributed by atoms with E-state index in [-0.39, 0.29) is 11.7 Å². The molecule has 1 amide bonds. The largest absolute Gasteiger partial charge is 0.469 e. The van der Waals surface area contributed by atoms with Gasteiger partial charge in [0.2, 0.25) is 0 Å². The number of hydrogen-bond donors (Lipinski definition) is 1. The zero-order chi connectivity index (χ0) is 17.6. The number of rotatable bonds is 7. The molecule has 0 saturated heterocycles. The average molecular weight is 357 g/mol. The molecule has 4 nitrogen and oxygen atoms in total. The molecule has 6 heteroatoms. The summed E-state index contributed by atoms with van der Waals surface area (Å²) in [5.41, 5.74) is 0.884. The van der Waals surface area contributed by atoms with Gasteiger partial charge in [-0.1, -0.05) is 18.2 Å². The third-order valence-corrected chi connectivity index (χ3v) is 4.70. The van der Waals surface area contributed by atoms with Crippen molar-refractivity contribution in [1.82, 2.24) is 5.32 Å². The Kier molecular flexibility index (Phi) is 5.40. The summed E-state index contributed by atoms with van der Waals surface area (Å²) < 4.78 is 18.6. The fourth-order valence-corrected chi connectivity index (χ4v) is 3.25. The Morgan fingerprint density at radius 1 is 1.12 bits per heavy atom. The lowest BCUT2D eigenvalue weighted by atomic mass is 9.93. The van der Waals surface area contributed by atoms with Crippen molar-refractivity contribution in [2.24, 2.45) is 0 Å². The van der Waals surface area contributed by atoms with E-state index < -0.39 is 11.7 Å². The van der Waals surface area contributed by atoms with Gasteiger partial charge in [-0.15, -0.1) is 11.3 Å². The molecule has 0 radical (unpaired) electrons. The van der Waals surface area contributed by atoms with E-state index in [0.717, 1.165) is 11.3 Å². The van der Waals surface area contributed by atoms with Crippen molar-refractivity contribution in [3.8, 4) is 0 Å². The Morgan fingerprint density at radius 3 is 2.56 bits per heavy atom. The second-order valence-electron chi connectivity index (χ2n) is 5.47. The van der Waals surface area contributed by atoms with Crippen LogP contribution >= 0.6 is 11.3 Å². The van der Waals surface area contributed by atoms with Crippen LogP contribution in [0.2, 0.25) is 0 Å². The summed E-state index contributed by atoms with van der Waals surface area (Å²) in [7, 11) is 0. The van der Waals surface area contributed by atoms with E-state index in [4.69, 9.17) is 4.42 Å². The first-order chi connectivity index (χ1) is 12.1. The van der Waals surface area contributed by atoms with Crippen LogP contribution in [0.4, 0.5) is 4.39 Å². The van der Waals surface area contributed by atoms with E-state index in [2.05, 4.69) is 5.32 Å². The van der Waals surface area contributed by atoms with Gasteiger partial charge in [0.1, 0.15) is 11.6 Å². The van der Waals surface area contributed by atoms with Gasteiger partial charge in [-0.3, -0.25) is 9.59 Å². The maximum Gasteiger partial charge on any atom is 0.293 e. The number of hydrogen-bond acceptors (Lipinski definition) is 4. The third-order valence-electron chi connectivity index (χ3n) is 3.83. The monoisotopic (exact) mass is 357 g/mol. The molecule has 0 aliphatic carbocycles. The van der Waals surface area contributed by atoms with Gasteiger partial charge in [0, 0.05) is 12.5 Å².